The Balaban J connectivity index is 1.52. The van der Waals surface area contributed by atoms with Crippen molar-refractivity contribution in [3.05, 3.63) is 84.4 Å². The number of hydrogen-bond donors (Lipinski definition) is 2. The Bertz CT molecular complexity index is 841. The molecule has 0 spiro atoms. The second-order valence-electron chi connectivity index (χ2n) is 6.72. The quantitative estimate of drug-likeness (QED) is 0.754. The van der Waals surface area contributed by atoms with Crippen molar-refractivity contribution in [3.8, 4) is 22.3 Å². The molecule has 1 aliphatic heterocycles. The van der Waals surface area contributed by atoms with Gasteiger partial charge in [0.2, 0.25) is 0 Å². The first-order valence-electron chi connectivity index (χ1n) is 8.92. The predicted octanol–water partition coefficient (Wildman–Crippen LogP) is 3.86. The lowest BCUT2D eigenvalue weighted by Crippen LogP contribution is -2.28. The summed E-state index contributed by atoms with van der Waals surface area (Å²) in [6, 6.07) is 27.1. The van der Waals surface area contributed by atoms with E-state index in [2.05, 4.69) is 48.5 Å². The molecule has 3 nitrogen and oxygen atoms in total. The topological polar surface area (TPSA) is 49.7 Å². The molecule has 0 aromatic heterocycles. The predicted molar refractivity (Wildman–Crippen MR) is 103 cm³/mol. The third-order valence-electron chi connectivity index (χ3n) is 5.13. The molecule has 3 aromatic carbocycles. The van der Waals surface area contributed by atoms with Gasteiger partial charge < -0.3 is 14.9 Å². The average Bonchev–Trinajstić information content (AvgIpc) is 3.09. The maximum absolute atomic E-state index is 10.2. The highest BCUT2D eigenvalue weighted by molar-refractivity contribution is 5.70. The Hall–Kier alpha value is -2.46. The molecule has 1 heterocycles. The number of benzene rings is 3. The van der Waals surface area contributed by atoms with E-state index in [1.54, 1.807) is 0 Å². The van der Waals surface area contributed by atoms with Crippen LogP contribution in [-0.2, 0) is 4.74 Å². The van der Waals surface area contributed by atoms with E-state index in [9.17, 15) is 10.2 Å². The number of aliphatic hydroxyl groups is 2. The fraction of sp³-hybridized carbons (Fsp3) is 0.217. The average molecular weight is 346 g/mol. The highest BCUT2D eigenvalue weighted by Gasteiger charge is 2.36. The van der Waals surface area contributed by atoms with Gasteiger partial charge in [0.25, 0.3) is 0 Å². The molecule has 0 bridgehead atoms. The van der Waals surface area contributed by atoms with Crippen molar-refractivity contribution < 1.29 is 14.9 Å². The monoisotopic (exact) mass is 346 g/mol. The van der Waals surface area contributed by atoms with Crippen molar-refractivity contribution in [1.29, 1.82) is 0 Å². The van der Waals surface area contributed by atoms with Gasteiger partial charge in [0.05, 0.1) is 19.3 Å². The standard InChI is InChI=1S/C23H22O3/c24-14-22-23(25)21(15-26-22)20-12-10-19(11-13-20)18-8-6-17(7-9-18)16-4-2-1-3-5-16/h1-13,21-25H,14-15H2/t21?,22-,23?/m1/s1. The molecular weight excluding hydrogens is 324 g/mol. The third kappa shape index (κ3) is 3.29. The van der Waals surface area contributed by atoms with Crippen LogP contribution in [-0.4, -0.2) is 35.6 Å². The maximum Gasteiger partial charge on any atom is 0.107 e. The van der Waals surface area contributed by atoms with Gasteiger partial charge in [0, 0.05) is 5.92 Å². The van der Waals surface area contributed by atoms with E-state index in [1.807, 2.05) is 30.3 Å². The normalized spacial score (nSPS) is 22.5. The summed E-state index contributed by atoms with van der Waals surface area (Å²) in [5, 5.41) is 19.5. The van der Waals surface area contributed by atoms with E-state index < -0.39 is 12.2 Å². The fourth-order valence-electron chi connectivity index (χ4n) is 3.55. The van der Waals surface area contributed by atoms with Crippen molar-refractivity contribution in [1.82, 2.24) is 0 Å². The zero-order chi connectivity index (χ0) is 17.9. The van der Waals surface area contributed by atoms with E-state index in [0.717, 1.165) is 16.7 Å². The van der Waals surface area contributed by atoms with Crippen LogP contribution in [0.5, 0.6) is 0 Å². The van der Waals surface area contributed by atoms with Crippen molar-refractivity contribution in [2.75, 3.05) is 13.2 Å². The maximum atomic E-state index is 10.2. The van der Waals surface area contributed by atoms with E-state index >= 15 is 0 Å². The summed E-state index contributed by atoms with van der Waals surface area (Å²) in [5.74, 6) is -0.0818. The molecule has 3 aromatic rings. The zero-order valence-corrected chi connectivity index (χ0v) is 14.5. The molecule has 0 amide bonds. The van der Waals surface area contributed by atoms with Crippen LogP contribution in [0, 0.1) is 0 Å². The van der Waals surface area contributed by atoms with Gasteiger partial charge in [-0.05, 0) is 27.8 Å². The summed E-state index contributed by atoms with van der Waals surface area (Å²) >= 11 is 0. The van der Waals surface area contributed by atoms with Crippen LogP contribution in [0.25, 0.3) is 22.3 Å². The Morgan fingerprint density at radius 2 is 1.23 bits per heavy atom. The summed E-state index contributed by atoms with van der Waals surface area (Å²) in [4.78, 5) is 0. The Kier molecular flexibility index (Phi) is 4.85. The Morgan fingerprint density at radius 3 is 1.73 bits per heavy atom. The zero-order valence-electron chi connectivity index (χ0n) is 14.5. The van der Waals surface area contributed by atoms with Crippen molar-refractivity contribution in [3.63, 3.8) is 0 Å². The molecule has 3 atom stereocenters. The third-order valence-corrected chi connectivity index (χ3v) is 5.13. The molecule has 3 heteroatoms. The molecule has 0 saturated carbocycles. The minimum atomic E-state index is -0.656. The molecule has 1 aliphatic rings. The van der Waals surface area contributed by atoms with Crippen LogP contribution in [0.1, 0.15) is 11.5 Å². The Morgan fingerprint density at radius 1 is 0.731 bits per heavy atom. The molecule has 0 aliphatic carbocycles. The van der Waals surface area contributed by atoms with Crippen LogP contribution >= 0.6 is 0 Å². The van der Waals surface area contributed by atoms with Crippen LogP contribution < -0.4 is 0 Å². The minimum absolute atomic E-state index is 0.0818. The summed E-state index contributed by atoms with van der Waals surface area (Å²) < 4.78 is 5.45. The first-order valence-corrected chi connectivity index (χ1v) is 8.92. The smallest absolute Gasteiger partial charge is 0.107 e. The SMILES string of the molecule is OC[C@H]1OCC(c2ccc(-c3ccc(-c4ccccc4)cc3)cc2)C1O. The lowest BCUT2D eigenvalue weighted by molar-refractivity contribution is 0.00324. The summed E-state index contributed by atoms with van der Waals surface area (Å²) in [6.07, 6.45) is -1.14. The molecule has 2 N–H and O–H groups in total. The molecule has 2 unspecified atom stereocenters. The fourth-order valence-corrected chi connectivity index (χ4v) is 3.55. The summed E-state index contributed by atoms with van der Waals surface area (Å²) in [7, 11) is 0. The van der Waals surface area contributed by atoms with Gasteiger partial charge in [-0.3, -0.25) is 0 Å². The van der Waals surface area contributed by atoms with Gasteiger partial charge in [0.15, 0.2) is 0 Å². The van der Waals surface area contributed by atoms with E-state index in [4.69, 9.17) is 4.74 Å². The van der Waals surface area contributed by atoms with Crippen LogP contribution in [0.15, 0.2) is 78.9 Å². The molecule has 4 rings (SSSR count). The Labute approximate surface area is 153 Å². The van der Waals surface area contributed by atoms with E-state index in [0.29, 0.717) is 6.61 Å². The van der Waals surface area contributed by atoms with E-state index in [-0.39, 0.29) is 12.5 Å². The highest BCUT2D eigenvalue weighted by atomic mass is 16.5. The summed E-state index contributed by atoms with van der Waals surface area (Å²) in [6.45, 7) is 0.293. The lowest BCUT2D eigenvalue weighted by Gasteiger charge is -2.16. The van der Waals surface area contributed by atoms with Crippen LogP contribution in [0.2, 0.25) is 0 Å². The van der Waals surface area contributed by atoms with Crippen molar-refractivity contribution in [2.24, 2.45) is 0 Å². The van der Waals surface area contributed by atoms with Crippen molar-refractivity contribution in [2.45, 2.75) is 18.1 Å². The lowest BCUT2D eigenvalue weighted by atomic mass is 9.92. The number of ether oxygens (including phenoxy) is 1. The second kappa shape index (κ2) is 7.42. The summed E-state index contributed by atoms with van der Waals surface area (Å²) in [5.41, 5.74) is 5.75. The number of aliphatic hydroxyl groups excluding tert-OH is 2. The molecular formula is C23H22O3. The number of rotatable bonds is 4. The first-order chi connectivity index (χ1) is 12.8. The largest absolute Gasteiger partial charge is 0.394 e. The number of hydrogen-bond acceptors (Lipinski definition) is 3. The van der Waals surface area contributed by atoms with Gasteiger partial charge in [-0.1, -0.05) is 78.9 Å². The van der Waals surface area contributed by atoms with E-state index in [1.165, 1.54) is 11.1 Å². The molecule has 132 valence electrons. The van der Waals surface area contributed by atoms with Crippen LogP contribution in [0.4, 0.5) is 0 Å². The van der Waals surface area contributed by atoms with Gasteiger partial charge >= 0.3 is 0 Å². The second-order valence-corrected chi connectivity index (χ2v) is 6.72. The van der Waals surface area contributed by atoms with Crippen LogP contribution in [0.3, 0.4) is 0 Å². The van der Waals surface area contributed by atoms with Gasteiger partial charge in [0.1, 0.15) is 6.10 Å². The molecule has 1 saturated heterocycles. The molecule has 1 fully saturated rings. The molecule has 0 radical (unpaired) electrons. The molecule has 26 heavy (non-hydrogen) atoms. The first kappa shape index (κ1) is 17.0. The van der Waals surface area contributed by atoms with Crippen molar-refractivity contribution >= 4 is 0 Å². The highest BCUT2D eigenvalue weighted by Crippen LogP contribution is 2.32. The van der Waals surface area contributed by atoms with Gasteiger partial charge in [-0.15, -0.1) is 0 Å². The minimum Gasteiger partial charge on any atom is -0.394 e. The van der Waals surface area contributed by atoms with Gasteiger partial charge in [-0.25, -0.2) is 0 Å². The van der Waals surface area contributed by atoms with Gasteiger partial charge in [-0.2, -0.15) is 0 Å².